The van der Waals surface area contributed by atoms with Crippen LogP contribution in [0.25, 0.3) is 0 Å². The molecule has 4 heteroatoms. The number of piperidine rings is 1. The molecule has 0 atom stereocenters. The first-order valence-electron chi connectivity index (χ1n) is 6.84. The molecule has 0 saturated carbocycles. The molecule has 0 radical (unpaired) electrons. The Bertz CT molecular complexity index is 345. The van der Waals surface area contributed by atoms with E-state index in [1.807, 2.05) is 0 Å². The van der Waals surface area contributed by atoms with Gasteiger partial charge in [0.1, 0.15) is 0 Å². The lowest BCUT2D eigenvalue weighted by atomic mass is 9.98. The summed E-state index contributed by atoms with van der Waals surface area (Å²) in [5.41, 5.74) is 0. The lowest BCUT2D eigenvalue weighted by Gasteiger charge is -2.22. The van der Waals surface area contributed by atoms with Gasteiger partial charge in [-0.3, -0.25) is 4.79 Å². The van der Waals surface area contributed by atoms with Gasteiger partial charge in [-0.1, -0.05) is 6.07 Å². The fraction of sp³-hybridized carbons (Fsp3) is 0.643. The van der Waals surface area contributed by atoms with E-state index >= 15 is 0 Å². The minimum Gasteiger partial charge on any atom is -0.356 e. The molecular weight excluding hydrogens is 244 g/mol. The number of thiophene rings is 1. The van der Waals surface area contributed by atoms with E-state index in [1.165, 1.54) is 17.7 Å². The number of rotatable bonds is 6. The number of hydrogen-bond acceptors (Lipinski definition) is 3. The number of amides is 1. The monoisotopic (exact) mass is 266 g/mol. The minimum absolute atomic E-state index is 0.213. The highest BCUT2D eigenvalue weighted by Crippen LogP contribution is 2.12. The number of carbonyl (C=O) groups is 1. The first-order valence-corrected chi connectivity index (χ1v) is 7.72. The predicted molar refractivity (Wildman–Crippen MR) is 75.9 cm³/mol. The maximum atomic E-state index is 11.7. The fourth-order valence-electron chi connectivity index (χ4n) is 2.31. The van der Waals surface area contributed by atoms with E-state index in [0.717, 1.165) is 32.5 Å². The molecule has 100 valence electrons. The van der Waals surface area contributed by atoms with Crippen LogP contribution < -0.4 is 10.6 Å². The Morgan fingerprint density at radius 1 is 1.44 bits per heavy atom. The van der Waals surface area contributed by atoms with Gasteiger partial charge in [0, 0.05) is 17.8 Å². The number of nitrogens with one attached hydrogen (secondary N) is 2. The summed E-state index contributed by atoms with van der Waals surface area (Å²) in [4.78, 5) is 13.1. The third-order valence-electron chi connectivity index (χ3n) is 3.45. The van der Waals surface area contributed by atoms with Gasteiger partial charge < -0.3 is 10.6 Å². The Balaban J connectivity index is 1.54. The standard InChI is InChI=1S/C14H22N2OS/c17-14(5-1-3-13-4-2-10-18-13)16-11-12-6-8-15-9-7-12/h2,4,10,12,15H,1,3,5-9,11H2,(H,16,17). The molecule has 2 N–H and O–H groups in total. The van der Waals surface area contributed by atoms with Gasteiger partial charge in [-0.25, -0.2) is 0 Å². The van der Waals surface area contributed by atoms with Crippen molar-refractivity contribution in [2.45, 2.75) is 32.1 Å². The maximum absolute atomic E-state index is 11.7. The largest absolute Gasteiger partial charge is 0.356 e. The Labute approximate surface area is 113 Å². The van der Waals surface area contributed by atoms with Crippen LogP contribution in [0.4, 0.5) is 0 Å². The van der Waals surface area contributed by atoms with Gasteiger partial charge in [-0.05, 0) is 56.1 Å². The Hall–Kier alpha value is -0.870. The number of carbonyl (C=O) groups excluding carboxylic acids is 1. The van der Waals surface area contributed by atoms with Crippen molar-refractivity contribution in [2.24, 2.45) is 5.92 Å². The van der Waals surface area contributed by atoms with Gasteiger partial charge in [0.05, 0.1) is 0 Å². The van der Waals surface area contributed by atoms with Gasteiger partial charge >= 0.3 is 0 Å². The Morgan fingerprint density at radius 3 is 3.00 bits per heavy atom. The van der Waals surface area contributed by atoms with Gasteiger partial charge in [0.25, 0.3) is 0 Å². The van der Waals surface area contributed by atoms with Gasteiger partial charge in [-0.2, -0.15) is 0 Å². The molecule has 0 unspecified atom stereocenters. The molecule has 18 heavy (non-hydrogen) atoms. The third-order valence-corrected chi connectivity index (χ3v) is 4.39. The van der Waals surface area contributed by atoms with E-state index in [9.17, 15) is 4.79 Å². The molecule has 2 rings (SSSR count). The maximum Gasteiger partial charge on any atom is 0.220 e. The van der Waals surface area contributed by atoms with Crippen LogP contribution in [-0.4, -0.2) is 25.5 Å². The van der Waals surface area contributed by atoms with Crippen molar-refractivity contribution in [3.63, 3.8) is 0 Å². The quantitative estimate of drug-likeness (QED) is 0.828. The predicted octanol–water partition coefficient (Wildman–Crippen LogP) is 2.19. The Morgan fingerprint density at radius 2 is 2.28 bits per heavy atom. The van der Waals surface area contributed by atoms with Crippen molar-refractivity contribution >= 4 is 17.2 Å². The minimum atomic E-state index is 0.213. The average molecular weight is 266 g/mol. The fourth-order valence-corrected chi connectivity index (χ4v) is 3.06. The summed E-state index contributed by atoms with van der Waals surface area (Å²) in [6, 6.07) is 4.20. The smallest absolute Gasteiger partial charge is 0.220 e. The highest BCUT2D eigenvalue weighted by molar-refractivity contribution is 7.09. The highest BCUT2D eigenvalue weighted by atomic mass is 32.1. The molecule has 2 heterocycles. The lowest BCUT2D eigenvalue weighted by molar-refractivity contribution is -0.121. The molecule has 1 fully saturated rings. The van der Waals surface area contributed by atoms with E-state index in [2.05, 4.69) is 28.1 Å². The zero-order chi connectivity index (χ0) is 12.6. The lowest BCUT2D eigenvalue weighted by Crippen LogP contribution is -2.35. The van der Waals surface area contributed by atoms with Crippen LogP contribution in [-0.2, 0) is 11.2 Å². The summed E-state index contributed by atoms with van der Waals surface area (Å²) in [5.74, 6) is 0.887. The third kappa shape index (κ3) is 4.78. The van der Waals surface area contributed by atoms with Crippen molar-refractivity contribution in [3.05, 3.63) is 22.4 Å². The summed E-state index contributed by atoms with van der Waals surface area (Å²) in [7, 11) is 0. The van der Waals surface area contributed by atoms with Gasteiger partial charge in [-0.15, -0.1) is 11.3 Å². The molecule has 0 bridgehead atoms. The average Bonchev–Trinajstić information content (AvgIpc) is 2.91. The number of aryl methyl sites for hydroxylation is 1. The zero-order valence-corrected chi connectivity index (χ0v) is 11.6. The highest BCUT2D eigenvalue weighted by Gasteiger charge is 2.13. The van der Waals surface area contributed by atoms with E-state index in [4.69, 9.17) is 0 Å². The number of hydrogen-bond donors (Lipinski definition) is 2. The van der Waals surface area contributed by atoms with Crippen LogP contribution in [0.3, 0.4) is 0 Å². The van der Waals surface area contributed by atoms with Crippen LogP contribution in [0.5, 0.6) is 0 Å². The summed E-state index contributed by atoms with van der Waals surface area (Å²) >= 11 is 1.77. The van der Waals surface area contributed by atoms with Crippen LogP contribution >= 0.6 is 11.3 Å². The van der Waals surface area contributed by atoms with Crippen LogP contribution in [0, 0.1) is 5.92 Å². The molecule has 3 nitrogen and oxygen atoms in total. The van der Waals surface area contributed by atoms with E-state index < -0.39 is 0 Å². The first kappa shape index (κ1) is 13.6. The molecule has 0 aliphatic carbocycles. The van der Waals surface area contributed by atoms with Crippen LogP contribution in [0.15, 0.2) is 17.5 Å². The molecule has 0 spiro atoms. The topological polar surface area (TPSA) is 41.1 Å². The van der Waals surface area contributed by atoms with E-state index in [-0.39, 0.29) is 5.91 Å². The van der Waals surface area contributed by atoms with Crippen molar-refractivity contribution in [1.29, 1.82) is 0 Å². The summed E-state index contributed by atoms with van der Waals surface area (Å²) in [5, 5.41) is 8.50. The second kappa shape index (κ2) is 7.54. The molecule has 1 aliphatic heterocycles. The summed E-state index contributed by atoms with van der Waals surface area (Å²) in [6.07, 6.45) is 5.02. The molecular formula is C14H22N2OS. The normalized spacial score (nSPS) is 16.7. The van der Waals surface area contributed by atoms with E-state index in [0.29, 0.717) is 12.3 Å². The molecule has 1 aliphatic rings. The van der Waals surface area contributed by atoms with Crippen LogP contribution in [0.1, 0.15) is 30.6 Å². The van der Waals surface area contributed by atoms with Gasteiger partial charge in [0.2, 0.25) is 5.91 Å². The molecule has 1 aromatic heterocycles. The van der Waals surface area contributed by atoms with Crippen molar-refractivity contribution < 1.29 is 4.79 Å². The van der Waals surface area contributed by atoms with Gasteiger partial charge in [0.15, 0.2) is 0 Å². The first-order chi connectivity index (χ1) is 8.84. The van der Waals surface area contributed by atoms with Crippen molar-refractivity contribution in [2.75, 3.05) is 19.6 Å². The summed E-state index contributed by atoms with van der Waals surface area (Å²) in [6.45, 7) is 3.05. The Kier molecular flexibility index (Phi) is 5.68. The van der Waals surface area contributed by atoms with Crippen molar-refractivity contribution in [3.8, 4) is 0 Å². The molecule has 1 saturated heterocycles. The second-order valence-corrected chi connectivity index (χ2v) is 5.96. The van der Waals surface area contributed by atoms with Crippen molar-refractivity contribution in [1.82, 2.24) is 10.6 Å². The molecule has 0 aromatic carbocycles. The zero-order valence-electron chi connectivity index (χ0n) is 10.8. The van der Waals surface area contributed by atoms with Crippen LogP contribution in [0.2, 0.25) is 0 Å². The SMILES string of the molecule is O=C(CCCc1cccs1)NCC1CCNCC1. The van der Waals surface area contributed by atoms with E-state index in [1.54, 1.807) is 11.3 Å². The molecule has 1 aromatic rings. The molecule has 1 amide bonds. The second-order valence-electron chi connectivity index (χ2n) is 4.93. The summed E-state index contributed by atoms with van der Waals surface area (Å²) < 4.78 is 0.